The molecule has 1 aromatic rings. The molecule has 76 valence electrons. The van der Waals surface area contributed by atoms with Crippen molar-refractivity contribution in [2.45, 2.75) is 13.0 Å². The van der Waals surface area contributed by atoms with Crippen molar-refractivity contribution in [2.24, 2.45) is 0 Å². The molecule has 0 amide bonds. The van der Waals surface area contributed by atoms with E-state index in [1.165, 1.54) is 14.2 Å². The number of hydrogen-bond acceptors (Lipinski definition) is 4. The summed E-state index contributed by atoms with van der Waals surface area (Å²) in [5, 5.41) is 0. The highest BCUT2D eigenvalue weighted by molar-refractivity contribution is 5.75. The molecule has 14 heavy (non-hydrogen) atoms. The van der Waals surface area contributed by atoms with Crippen molar-refractivity contribution in [1.82, 2.24) is 4.98 Å². The zero-order valence-corrected chi connectivity index (χ0v) is 8.48. The van der Waals surface area contributed by atoms with E-state index in [-0.39, 0.29) is 0 Å². The molecule has 0 bridgehead atoms. The number of ether oxygens (including phenoxy) is 2. The van der Waals surface area contributed by atoms with E-state index in [0.29, 0.717) is 5.69 Å². The lowest BCUT2D eigenvalue weighted by atomic mass is 10.2. The van der Waals surface area contributed by atoms with E-state index < -0.39 is 12.1 Å². The molecule has 0 spiro atoms. The Morgan fingerprint density at radius 2 is 2.14 bits per heavy atom. The van der Waals surface area contributed by atoms with Gasteiger partial charge in [-0.05, 0) is 19.1 Å². The van der Waals surface area contributed by atoms with Gasteiger partial charge in [-0.25, -0.2) is 4.79 Å². The van der Waals surface area contributed by atoms with E-state index >= 15 is 0 Å². The molecule has 0 aromatic carbocycles. The number of rotatable bonds is 3. The van der Waals surface area contributed by atoms with Crippen LogP contribution in [0.5, 0.6) is 0 Å². The number of nitrogens with zero attached hydrogens (tertiary/aromatic N) is 1. The second-order valence-electron chi connectivity index (χ2n) is 2.84. The number of hydrogen-bond donors (Lipinski definition) is 0. The minimum absolute atomic E-state index is 0.439. The molecule has 1 unspecified atom stereocenters. The van der Waals surface area contributed by atoms with Crippen LogP contribution in [0.25, 0.3) is 0 Å². The first kappa shape index (κ1) is 10.7. The maximum Gasteiger partial charge on any atom is 0.341 e. The van der Waals surface area contributed by atoms with Gasteiger partial charge in [0.25, 0.3) is 0 Å². The van der Waals surface area contributed by atoms with Gasteiger partial charge in [0, 0.05) is 12.8 Å². The van der Waals surface area contributed by atoms with Crippen molar-refractivity contribution < 1.29 is 14.3 Å². The van der Waals surface area contributed by atoms with Crippen molar-refractivity contribution >= 4 is 5.97 Å². The van der Waals surface area contributed by atoms with E-state index in [9.17, 15) is 4.79 Å². The molecular weight excluding hydrogens is 182 g/mol. The first-order valence-corrected chi connectivity index (χ1v) is 4.23. The summed E-state index contributed by atoms with van der Waals surface area (Å²) < 4.78 is 9.60. The average molecular weight is 195 g/mol. The Hall–Kier alpha value is -1.42. The summed E-state index contributed by atoms with van der Waals surface area (Å²) in [6.07, 6.45) is -0.736. The fourth-order valence-electron chi connectivity index (χ4n) is 1.15. The van der Waals surface area contributed by atoms with Crippen LogP contribution in [0.1, 0.15) is 17.5 Å². The fourth-order valence-corrected chi connectivity index (χ4v) is 1.15. The zero-order chi connectivity index (χ0) is 10.6. The van der Waals surface area contributed by atoms with Crippen molar-refractivity contribution in [2.75, 3.05) is 14.2 Å². The van der Waals surface area contributed by atoms with Gasteiger partial charge < -0.3 is 9.47 Å². The van der Waals surface area contributed by atoms with Gasteiger partial charge in [0.2, 0.25) is 0 Å². The molecule has 1 rings (SSSR count). The summed E-state index contributed by atoms with van der Waals surface area (Å²) >= 11 is 0. The van der Waals surface area contributed by atoms with Crippen LogP contribution in [0.2, 0.25) is 0 Å². The summed E-state index contributed by atoms with van der Waals surface area (Å²) in [5.41, 5.74) is 1.41. The van der Waals surface area contributed by atoms with Crippen molar-refractivity contribution in [3.63, 3.8) is 0 Å². The second kappa shape index (κ2) is 4.72. The first-order chi connectivity index (χ1) is 6.69. The van der Waals surface area contributed by atoms with Gasteiger partial charge in [-0.15, -0.1) is 0 Å². The lowest BCUT2D eigenvalue weighted by Gasteiger charge is -2.12. The van der Waals surface area contributed by atoms with Crippen LogP contribution in [0, 0.1) is 6.92 Å². The third-order valence-electron chi connectivity index (χ3n) is 1.83. The predicted molar refractivity (Wildman–Crippen MR) is 50.7 cm³/mol. The van der Waals surface area contributed by atoms with Gasteiger partial charge in [-0.2, -0.15) is 0 Å². The number of aromatic nitrogens is 1. The van der Waals surface area contributed by atoms with Crippen molar-refractivity contribution in [3.05, 3.63) is 29.6 Å². The maximum absolute atomic E-state index is 11.3. The number of pyridine rings is 1. The monoisotopic (exact) mass is 195 g/mol. The highest BCUT2D eigenvalue weighted by Crippen LogP contribution is 2.15. The molecule has 0 radical (unpaired) electrons. The summed E-state index contributed by atoms with van der Waals surface area (Å²) in [4.78, 5) is 15.5. The molecule has 4 heteroatoms. The van der Waals surface area contributed by atoms with Gasteiger partial charge in [-0.1, -0.05) is 6.07 Å². The Balaban J connectivity index is 2.94. The van der Waals surface area contributed by atoms with E-state index in [1.54, 1.807) is 6.07 Å². The summed E-state index contributed by atoms with van der Waals surface area (Å²) in [5.74, 6) is -0.439. The van der Waals surface area contributed by atoms with Gasteiger partial charge in [0.05, 0.1) is 12.8 Å². The second-order valence-corrected chi connectivity index (χ2v) is 2.84. The molecule has 1 heterocycles. The summed E-state index contributed by atoms with van der Waals surface area (Å²) in [7, 11) is 2.77. The molecule has 0 aliphatic heterocycles. The number of methoxy groups -OCH3 is 2. The van der Waals surface area contributed by atoms with Gasteiger partial charge in [-0.3, -0.25) is 4.98 Å². The number of aryl methyl sites for hydroxylation is 1. The van der Waals surface area contributed by atoms with E-state index in [0.717, 1.165) is 5.69 Å². The van der Waals surface area contributed by atoms with Crippen LogP contribution in [0.4, 0.5) is 0 Å². The highest BCUT2D eigenvalue weighted by atomic mass is 16.6. The smallest absolute Gasteiger partial charge is 0.341 e. The molecule has 0 aliphatic carbocycles. The maximum atomic E-state index is 11.3. The van der Waals surface area contributed by atoms with Crippen molar-refractivity contribution in [3.8, 4) is 0 Å². The van der Waals surface area contributed by atoms with Gasteiger partial charge in [0.1, 0.15) is 0 Å². The molecule has 0 saturated heterocycles. The van der Waals surface area contributed by atoms with Crippen LogP contribution in [-0.4, -0.2) is 25.2 Å². The van der Waals surface area contributed by atoms with Gasteiger partial charge >= 0.3 is 5.97 Å². The van der Waals surface area contributed by atoms with Crippen LogP contribution in [0.15, 0.2) is 18.2 Å². The molecule has 0 N–H and O–H groups in total. The predicted octanol–water partition coefficient (Wildman–Crippen LogP) is 1.25. The highest BCUT2D eigenvalue weighted by Gasteiger charge is 2.21. The molecular formula is C10H13NO3. The molecule has 1 aromatic heterocycles. The third-order valence-corrected chi connectivity index (χ3v) is 1.83. The minimum Gasteiger partial charge on any atom is -0.467 e. The van der Waals surface area contributed by atoms with Crippen LogP contribution < -0.4 is 0 Å². The zero-order valence-electron chi connectivity index (χ0n) is 8.48. The first-order valence-electron chi connectivity index (χ1n) is 4.23. The number of esters is 1. The van der Waals surface area contributed by atoms with E-state index in [1.807, 2.05) is 19.1 Å². The Kier molecular flexibility index (Phi) is 3.59. The Morgan fingerprint density at radius 1 is 1.43 bits per heavy atom. The summed E-state index contributed by atoms with van der Waals surface area (Å²) in [6, 6.07) is 5.41. The molecule has 0 aliphatic rings. The SMILES string of the molecule is COC(=O)C(OC)c1cccc(C)n1. The molecule has 4 nitrogen and oxygen atoms in total. The summed E-state index contributed by atoms with van der Waals surface area (Å²) in [6.45, 7) is 1.85. The van der Waals surface area contributed by atoms with E-state index in [2.05, 4.69) is 9.72 Å². The lowest BCUT2D eigenvalue weighted by molar-refractivity contribution is -0.152. The number of carbonyl (C=O) groups is 1. The Labute approximate surface area is 82.9 Å². The van der Waals surface area contributed by atoms with E-state index in [4.69, 9.17) is 4.74 Å². The Morgan fingerprint density at radius 3 is 2.64 bits per heavy atom. The van der Waals surface area contributed by atoms with Crippen LogP contribution >= 0.6 is 0 Å². The van der Waals surface area contributed by atoms with Crippen molar-refractivity contribution in [1.29, 1.82) is 0 Å². The molecule has 0 saturated carbocycles. The topological polar surface area (TPSA) is 48.4 Å². The van der Waals surface area contributed by atoms with Crippen LogP contribution in [0.3, 0.4) is 0 Å². The lowest BCUT2D eigenvalue weighted by Crippen LogP contribution is -2.17. The minimum atomic E-state index is -0.736. The standard InChI is InChI=1S/C10H13NO3/c1-7-5-4-6-8(11-7)9(13-2)10(12)14-3/h4-6,9H,1-3H3. The largest absolute Gasteiger partial charge is 0.467 e. The normalized spacial score (nSPS) is 12.2. The molecule has 0 fully saturated rings. The fraction of sp³-hybridized carbons (Fsp3) is 0.400. The Bertz CT molecular complexity index is 325. The number of carbonyl (C=O) groups excluding carboxylic acids is 1. The third kappa shape index (κ3) is 2.29. The molecule has 1 atom stereocenters. The van der Waals surface area contributed by atoms with Crippen LogP contribution in [-0.2, 0) is 14.3 Å². The average Bonchev–Trinajstić information content (AvgIpc) is 2.19. The van der Waals surface area contributed by atoms with Gasteiger partial charge in [0.15, 0.2) is 6.10 Å². The quantitative estimate of drug-likeness (QED) is 0.681.